The van der Waals surface area contributed by atoms with E-state index in [4.69, 9.17) is 14.2 Å². The Labute approximate surface area is 201 Å². The largest absolute Gasteiger partial charge is 0.497 e. The molecule has 0 aliphatic carbocycles. The van der Waals surface area contributed by atoms with Gasteiger partial charge in [-0.05, 0) is 66.4 Å². The molecule has 1 N–H and O–H groups in total. The molecule has 0 saturated carbocycles. The number of methoxy groups -OCH3 is 3. The average molecular weight is 461 g/mol. The summed E-state index contributed by atoms with van der Waals surface area (Å²) < 4.78 is 16.6. The fourth-order valence-electron chi connectivity index (χ4n) is 4.76. The van der Waals surface area contributed by atoms with Gasteiger partial charge in [-0.3, -0.25) is 9.69 Å². The minimum Gasteiger partial charge on any atom is -0.497 e. The van der Waals surface area contributed by atoms with Gasteiger partial charge in [-0.1, -0.05) is 30.3 Å². The molecule has 1 amide bonds. The molecule has 0 saturated heterocycles. The molecule has 2 atom stereocenters. The van der Waals surface area contributed by atoms with Crippen molar-refractivity contribution in [2.45, 2.75) is 32.0 Å². The molecule has 0 unspecified atom stereocenters. The second-order valence-corrected chi connectivity index (χ2v) is 8.55. The van der Waals surface area contributed by atoms with Gasteiger partial charge in [-0.25, -0.2) is 0 Å². The minimum atomic E-state index is -0.143. The molecule has 1 aliphatic heterocycles. The van der Waals surface area contributed by atoms with Crippen LogP contribution in [-0.4, -0.2) is 44.7 Å². The van der Waals surface area contributed by atoms with Crippen molar-refractivity contribution >= 4 is 5.91 Å². The summed E-state index contributed by atoms with van der Waals surface area (Å²) in [5.41, 5.74) is 4.17. The number of benzene rings is 3. The lowest BCUT2D eigenvalue weighted by Crippen LogP contribution is -2.47. The van der Waals surface area contributed by atoms with Crippen LogP contribution in [0.4, 0.5) is 0 Å². The molecule has 4 rings (SSSR count). The van der Waals surface area contributed by atoms with E-state index >= 15 is 0 Å². The van der Waals surface area contributed by atoms with Crippen molar-refractivity contribution in [1.82, 2.24) is 10.2 Å². The van der Waals surface area contributed by atoms with E-state index in [1.165, 1.54) is 5.56 Å². The molecule has 3 aromatic carbocycles. The Morgan fingerprint density at radius 3 is 2.41 bits per heavy atom. The third-order valence-corrected chi connectivity index (χ3v) is 6.41. The molecule has 0 bridgehead atoms. The van der Waals surface area contributed by atoms with Gasteiger partial charge in [-0.2, -0.15) is 0 Å². The van der Waals surface area contributed by atoms with E-state index < -0.39 is 0 Å². The summed E-state index contributed by atoms with van der Waals surface area (Å²) in [6, 6.07) is 21.4. The van der Waals surface area contributed by atoms with Crippen molar-refractivity contribution in [3.63, 3.8) is 0 Å². The lowest BCUT2D eigenvalue weighted by Gasteiger charge is -2.41. The van der Waals surface area contributed by atoms with E-state index in [9.17, 15) is 4.79 Å². The number of amides is 1. The maximum Gasteiger partial charge on any atom is 0.251 e. The molecule has 34 heavy (non-hydrogen) atoms. The van der Waals surface area contributed by atoms with Crippen molar-refractivity contribution < 1.29 is 19.0 Å². The number of rotatable bonds is 8. The smallest absolute Gasteiger partial charge is 0.251 e. The van der Waals surface area contributed by atoms with Gasteiger partial charge < -0.3 is 19.5 Å². The van der Waals surface area contributed by atoms with Gasteiger partial charge in [0.1, 0.15) is 5.75 Å². The third kappa shape index (κ3) is 5.02. The summed E-state index contributed by atoms with van der Waals surface area (Å²) >= 11 is 0. The number of nitrogens with one attached hydrogen (secondary N) is 1. The highest BCUT2D eigenvalue weighted by atomic mass is 16.5. The predicted octanol–water partition coefficient (Wildman–Crippen LogP) is 4.63. The first-order chi connectivity index (χ1) is 16.5. The van der Waals surface area contributed by atoms with E-state index in [1.807, 2.05) is 42.5 Å². The van der Waals surface area contributed by atoms with E-state index in [0.29, 0.717) is 11.3 Å². The van der Waals surface area contributed by atoms with Crippen molar-refractivity contribution in [3.05, 3.63) is 89.0 Å². The Morgan fingerprint density at radius 2 is 1.71 bits per heavy atom. The lowest BCUT2D eigenvalue weighted by atomic mass is 9.87. The van der Waals surface area contributed by atoms with Gasteiger partial charge >= 0.3 is 0 Å². The van der Waals surface area contributed by atoms with Crippen LogP contribution >= 0.6 is 0 Å². The Kier molecular flexibility index (Phi) is 7.38. The molecule has 1 aliphatic rings. The zero-order valence-electron chi connectivity index (χ0n) is 20.2. The molecule has 0 radical (unpaired) electrons. The van der Waals surface area contributed by atoms with Crippen LogP contribution < -0.4 is 19.5 Å². The molecule has 0 fully saturated rings. The summed E-state index contributed by atoms with van der Waals surface area (Å²) in [5, 5.41) is 3.23. The fourth-order valence-corrected chi connectivity index (χ4v) is 4.76. The Hall–Kier alpha value is -3.51. The van der Waals surface area contributed by atoms with Gasteiger partial charge in [0.2, 0.25) is 0 Å². The Morgan fingerprint density at radius 1 is 0.971 bits per heavy atom. The normalized spacial score (nSPS) is 16.3. The highest BCUT2D eigenvalue weighted by Gasteiger charge is 2.34. The van der Waals surface area contributed by atoms with Crippen LogP contribution in [0, 0.1) is 0 Å². The van der Waals surface area contributed by atoms with E-state index in [-0.39, 0.29) is 18.0 Å². The Bertz CT molecular complexity index is 1130. The van der Waals surface area contributed by atoms with Crippen LogP contribution in [0.5, 0.6) is 17.2 Å². The zero-order valence-corrected chi connectivity index (χ0v) is 20.2. The molecule has 1 heterocycles. The van der Waals surface area contributed by atoms with Crippen molar-refractivity contribution in [2.24, 2.45) is 0 Å². The van der Waals surface area contributed by atoms with E-state index in [1.54, 1.807) is 21.3 Å². The van der Waals surface area contributed by atoms with Gasteiger partial charge in [-0.15, -0.1) is 0 Å². The SMILES string of the molecule is COc1cccc(CN2CCc3cc(OC)c(OC)cc3[C@@H]2[C@H](C)NC(=O)c2ccccc2)c1. The molecule has 0 aromatic heterocycles. The van der Waals surface area contributed by atoms with Crippen molar-refractivity contribution in [2.75, 3.05) is 27.9 Å². The van der Waals surface area contributed by atoms with Crippen molar-refractivity contribution in [3.8, 4) is 17.2 Å². The minimum absolute atomic E-state index is 0.0394. The number of hydrogen-bond donors (Lipinski definition) is 1. The molecule has 3 aromatic rings. The first-order valence-electron chi connectivity index (χ1n) is 11.5. The second-order valence-electron chi connectivity index (χ2n) is 8.55. The summed E-state index contributed by atoms with van der Waals surface area (Å²) in [4.78, 5) is 15.4. The number of carbonyl (C=O) groups is 1. The van der Waals surface area contributed by atoms with E-state index in [2.05, 4.69) is 41.4 Å². The monoisotopic (exact) mass is 460 g/mol. The maximum atomic E-state index is 13.0. The fraction of sp³-hybridized carbons (Fsp3) is 0.321. The summed E-state index contributed by atoms with van der Waals surface area (Å²) in [6.07, 6.45) is 0.884. The van der Waals surface area contributed by atoms with Crippen LogP contribution in [0.3, 0.4) is 0 Å². The molecular formula is C28H32N2O4. The van der Waals surface area contributed by atoms with Gasteiger partial charge in [0.05, 0.1) is 27.4 Å². The Balaban J connectivity index is 1.69. The highest BCUT2D eigenvalue weighted by Crippen LogP contribution is 2.40. The van der Waals surface area contributed by atoms with Crippen LogP contribution in [-0.2, 0) is 13.0 Å². The number of hydrogen-bond acceptors (Lipinski definition) is 5. The molecule has 6 nitrogen and oxygen atoms in total. The van der Waals surface area contributed by atoms with Crippen molar-refractivity contribution in [1.29, 1.82) is 0 Å². The van der Waals surface area contributed by atoms with Gasteiger partial charge in [0.15, 0.2) is 11.5 Å². The zero-order chi connectivity index (χ0) is 24.1. The van der Waals surface area contributed by atoms with Crippen LogP contribution in [0.25, 0.3) is 0 Å². The standard InChI is InChI=1S/C28H32N2O4/c1-19(29-28(31)21-10-6-5-7-11-21)27-24-17-26(34-4)25(33-3)16-22(24)13-14-30(27)18-20-9-8-12-23(15-20)32-2/h5-12,15-17,19,27H,13-14,18H2,1-4H3,(H,29,31)/t19-,27-/m0/s1. The predicted molar refractivity (Wildman–Crippen MR) is 133 cm³/mol. The van der Waals surface area contributed by atoms with Crippen LogP contribution in [0.15, 0.2) is 66.7 Å². The average Bonchev–Trinajstić information content (AvgIpc) is 2.88. The molecule has 6 heteroatoms. The number of nitrogens with zero attached hydrogens (tertiary/aromatic N) is 1. The highest BCUT2D eigenvalue weighted by molar-refractivity contribution is 5.94. The molecular weight excluding hydrogens is 428 g/mol. The maximum absolute atomic E-state index is 13.0. The topological polar surface area (TPSA) is 60.0 Å². The van der Waals surface area contributed by atoms with Gasteiger partial charge in [0, 0.05) is 24.7 Å². The van der Waals surface area contributed by atoms with Gasteiger partial charge in [0.25, 0.3) is 5.91 Å². The third-order valence-electron chi connectivity index (χ3n) is 6.41. The molecule has 178 valence electrons. The summed E-state index contributed by atoms with van der Waals surface area (Å²) in [6.45, 7) is 3.66. The first kappa shape index (κ1) is 23.6. The second kappa shape index (κ2) is 10.6. The number of carbonyl (C=O) groups excluding carboxylic acids is 1. The first-order valence-corrected chi connectivity index (χ1v) is 11.5. The van der Waals surface area contributed by atoms with Crippen LogP contribution in [0.1, 0.15) is 40.0 Å². The summed E-state index contributed by atoms with van der Waals surface area (Å²) in [7, 11) is 4.99. The lowest BCUT2D eigenvalue weighted by molar-refractivity contribution is 0.0877. The number of fused-ring (bicyclic) bond motifs is 1. The quantitative estimate of drug-likeness (QED) is 0.531. The van der Waals surface area contributed by atoms with E-state index in [0.717, 1.165) is 42.1 Å². The summed E-state index contributed by atoms with van der Waals surface area (Å²) in [5.74, 6) is 2.17. The number of ether oxygens (including phenoxy) is 3. The molecule has 0 spiro atoms. The van der Waals surface area contributed by atoms with Crippen LogP contribution in [0.2, 0.25) is 0 Å².